The molecule has 2 aliphatic carbocycles. The van der Waals surface area contributed by atoms with Gasteiger partial charge < -0.3 is 35.2 Å². The van der Waals surface area contributed by atoms with Crippen LogP contribution in [0.1, 0.15) is 52.4 Å². The van der Waals surface area contributed by atoms with Crippen molar-refractivity contribution in [3.8, 4) is 5.75 Å². The number of hydroxylamine groups is 2. The molecule has 0 radical (unpaired) electrons. The minimum atomic E-state index is -1.13. The van der Waals surface area contributed by atoms with E-state index in [4.69, 9.17) is 14.2 Å². The van der Waals surface area contributed by atoms with E-state index in [0.29, 0.717) is 77.5 Å². The quantitative estimate of drug-likeness (QED) is 0.0440. The van der Waals surface area contributed by atoms with Crippen molar-refractivity contribution in [3.63, 3.8) is 0 Å². The highest BCUT2D eigenvalue weighted by Gasteiger charge is 2.40. The number of hydrogen-bond acceptors (Lipinski definition) is 9. The van der Waals surface area contributed by atoms with Crippen molar-refractivity contribution in [2.75, 3.05) is 65.0 Å². The number of nitrogens with one attached hydrogen (secondary N) is 2. The number of carbonyl (C=O) groups excluding carboxylic acids is 1. The summed E-state index contributed by atoms with van der Waals surface area (Å²) in [6.07, 6.45) is 11.6. The molecule has 0 bridgehead atoms. The van der Waals surface area contributed by atoms with E-state index in [1.807, 2.05) is 69.6 Å². The van der Waals surface area contributed by atoms with Crippen molar-refractivity contribution in [1.29, 1.82) is 0 Å². The highest BCUT2D eigenvalue weighted by molar-refractivity contribution is 5.97. The van der Waals surface area contributed by atoms with Crippen molar-refractivity contribution in [3.05, 3.63) is 108 Å². The molecular weight excluding hydrogens is 630 g/mol. The first kappa shape index (κ1) is 40.5. The molecule has 0 aliphatic heterocycles. The maximum absolute atomic E-state index is 13.5. The molecule has 2 aliphatic rings. The Kier molecular flexibility index (Phi) is 17.3. The number of allylic oxidation sites excluding steroid dienone is 6. The molecule has 1 aromatic rings. The Morgan fingerprint density at radius 2 is 1.78 bits per heavy atom. The lowest BCUT2D eigenvalue weighted by molar-refractivity contribution is -0.122. The van der Waals surface area contributed by atoms with Gasteiger partial charge in [0.05, 0.1) is 32.0 Å². The van der Waals surface area contributed by atoms with Crippen LogP contribution in [0.15, 0.2) is 108 Å². The monoisotopic (exact) mass is 687 g/mol. The molecule has 9 nitrogen and oxygen atoms in total. The summed E-state index contributed by atoms with van der Waals surface area (Å²) in [7, 11) is 1.87. The summed E-state index contributed by atoms with van der Waals surface area (Å²) in [6, 6.07) is 7.70. The normalized spacial score (nSPS) is 22.0. The Hall–Kier alpha value is -3.91. The predicted octanol–water partition coefficient (Wildman–Crippen LogP) is 6.71. The number of ketones is 1. The van der Waals surface area contributed by atoms with Gasteiger partial charge in [-0.15, -0.1) is 11.5 Å². The zero-order chi connectivity index (χ0) is 36.4. The van der Waals surface area contributed by atoms with Gasteiger partial charge in [-0.2, -0.15) is 5.06 Å². The number of anilines is 1. The first-order valence-corrected chi connectivity index (χ1v) is 17.6. The number of benzene rings is 1. The van der Waals surface area contributed by atoms with Gasteiger partial charge in [-0.25, -0.2) is 0 Å². The Labute approximate surface area is 299 Å². The molecule has 1 saturated carbocycles. The van der Waals surface area contributed by atoms with Gasteiger partial charge in [0.15, 0.2) is 5.78 Å². The zero-order valence-corrected chi connectivity index (χ0v) is 30.3. The smallest absolute Gasteiger partial charge is 0.161 e. The molecule has 50 heavy (non-hydrogen) atoms. The van der Waals surface area contributed by atoms with E-state index in [2.05, 4.69) is 41.8 Å². The third-order valence-corrected chi connectivity index (χ3v) is 9.31. The third kappa shape index (κ3) is 13.1. The van der Waals surface area contributed by atoms with Crippen molar-refractivity contribution >= 4 is 11.5 Å². The molecule has 0 spiro atoms. The Bertz CT molecular complexity index is 1460. The van der Waals surface area contributed by atoms with Crippen LogP contribution in [0.3, 0.4) is 0 Å². The molecule has 4 N–H and O–H groups in total. The first-order valence-electron chi connectivity index (χ1n) is 17.6. The van der Waals surface area contributed by atoms with Crippen LogP contribution in [-0.2, 0) is 14.3 Å². The number of nitrogens with zero attached hydrogens (tertiary/aromatic N) is 1. The Morgan fingerprint density at radius 3 is 2.46 bits per heavy atom. The molecule has 3 unspecified atom stereocenters. The lowest BCUT2D eigenvalue weighted by Gasteiger charge is -2.33. The third-order valence-electron chi connectivity index (χ3n) is 9.31. The van der Waals surface area contributed by atoms with E-state index < -0.39 is 5.60 Å². The van der Waals surface area contributed by atoms with Crippen molar-refractivity contribution in [2.24, 2.45) is 11.8 Å². The Balaban J connectivity index is 1.34. The van der Waals surface area contributed by atoms with Crippen molar-refractivity contribution in [2.45, 2.75) is 58.0 Å². The van der Waals surface area contributed by atoms with Crippen molar-refractivity contribution in [1.82, 2.24) is 10.4 Å². The molecule has 0 heterocycles. The minimum absolute atomic E-state index is 0.0462. The zero-order valence-electron chi connectivity index (χ0n) is 30.3. The maximum Gasteiger partial charge on any atom is 0.161 e. The minimum Gasteiger partial charge on any atom is -0.491 e. The maximum atomic E-state index is 13.5. The summed E-state index contributed by atoms with van der Waals surface area (Å²) < 4.78 is 16.8. The summed E-state index contributed by atoms with van der Waals surface area (Å²) in [6.45, 7) is 19.1. The van der Waals surface area contributed by atoms with E-state index in [1.165, 1.54) is 5.06 Å². The first-order chi connectivity index (χ1) is 24.1. The summed E-state index contributed by atoms with van der Waals surface area (Å²) in [5.41, 5.74) is 10.3. The van der Waals surface area contributed by atoms with Crippen LogP contribution >= 0.6 is 0 Å². The summed E-state index contributed by atoms with van der Waals surface area (Å²) in [5.74, 6) is 0.620. The highest BCUT2D eigenvalue weighted by Crippen LogP contribution is 2.44. The van der Waals surface area contributed by atoms with E-state index in [1.54, 1.807) is 0 Å². The fourth-order valence-electron chi connectivity index (χ4n) is 6.51. The highest BCUT2D eigenvalue weighted by atomic mass is 16.5. The van der Waals surface area contributed by atoms with Crippen LogP contribution in [-0.4, -0.2) is 86.5 Å². The van der Waals surface area contributed by atoms with Crippen molar-refractivity contribution < 1.29 is 29.3 Å². The van der Waals surface area contributed by atoms with E-state index in [-0.39, 0.29) is 17.6 Å². The number of carbonyl (C=O) groups is 1. The van der Waals surface area contributed by atoms with E-state index in [9.17, 15) is 15.1 Å². The van der Waals surface area contributed by atoms with E-state index >= 15 is 0 Å². The second-order valence-electron chi connectivity index (χ2n) is 13.0. The molecule has 0 amide bonds. The molecule has 3 rings (SSSR count). The van der Waals surface area contributed by atoms with Gasteiger partial charge in [0.25, 0.3) is 0 Å². The Morgan fingerprint density at radius 1 is 1.06 bits per heavy atom. The van der Waals surface area contributed by atoms with Gasteiger partial charge in [0, 0.05) is 44.7 Å². The van der Waals surface area contributed by atoms with Crippen LogP contribution in [0.5, 0.6) is 5.75 Å². The number of aliphatic hydroxyl groups is 1. The SMILES string of the molecule is C=C=C1CCCC(C2CC(=C=C)C(C)=C(/C=C\C=C\NCCOCCN(O)CCOCCOc3ccc(NC)cc3)C(C)(O)C2)C(=O)C(=C)C1. The molecule has 9 heteroatoms. The van der Waals surface area contributed by atoms with Crippen LogP contribution in [0.4, 0.5) is 5.69 Å². The molecule has 0 saturated heterocycles. The van der Waals surface area contributed by atoms with Gasteiger partial charge in [-0.1, -0.05) is 31.9 Å². The van der Waals surface area contributed by atoms with Gasteiger partial charge in [0.2, 0.25) is 0 Å². The predicted molar refractivity (Wildman–Crippen MR) is 200 cm³/mol. The molecule has 272 valence electrons. The number of Topliss-reactive ketones (excluding diaryl/α,β-unsaturated/α-hetero) is 1. The fourth-order valence-corrected chi connectivity index (χ4v) is 6.51. The van der Waals surface area contributed by atoms with E-state index in [0.717, 1.165) is 53.0 Å². The van der Waals surface area contributed by atoms with Gasteiger partial charge in [-0.05, 0) is 116 Å². The van der Waals surface area contributed by atoms with Crippen LogP contribution in [0.2, 0.25) is 0 Å². The lowest BCUT2D eigenvalue weighted by Crippen LogP contribution is -2.34. The van der Waals surface area contributed by atoms with Crippen LogP contribution in [0.25, 0.3) is 0 Å². The number of ether oxygens (including phenoxy) is 3. The second-order valence-corrected chi connectivity index (χ2v) is 13.0. The number of rotatable bonds is 18. The number of hydrogen-bond donors (Lipinski definition) is 4. The van der Waals surface area contributed by atoms with Gasteiger partial charge in [-0.3, -0.25) is 4.79 Å². The second kappa shape index (κ2) is 21.3. The molecular formula is C41H57N3O6. The van der Waals surface area contributed by atoms with Crippen LogP contribution < -0.4 is 15.4 Å². The summed E-state index contributed by atoms with van der Waals surface area (Å²) in [4.78, 5) is 13.5. The fraction of sp³-hybridized carbons (Fsp3) is 0.488. The van der Waals surface area contributed by atoms with Crippen LogP contribution in [0, 0.1) is 11.8 Å². The largest absolute Gasteiger partial charge is 0.491 e. The summed E-state index contributed by atoms with van der Waals surface area (Å²) in [5, 5.41) is 29.2. The summed E-state index contributed by atoms with van der Waals surface area (Å²) >= 11 is 0. The average Bonchev–Trinajstić information content (AvgIpc) is 3.19. The standard InChI is InChI=1S/C41H57N3O6/c1-7-33-12-11-13-38(40(45)31(3)28-33)35-29-34(8-2)32(4)39(41(5,46)30-35)14-9-10-19-43-20-23-48-24-21-44(47)22-25-49-26-27-50-37-17-15-36(42-6)16-18-37/h9-10,14-19,35,38,42-43,46-47H,1-3,11-13,20-30H2,4-6H3/b14-9-,19-10+. The molecule has 0 aromatic heterocycles. The lowest BCUT2D eigenvalue weighted by atomic mass is 9.73. The molecule has 1 fully saturated rings. The molecule has 3 atom stereocenters. The topological polar surface area (TPSA) is 113 Å². The van der Waals surface area contributed by atoms with Gasteiger partial charge in [0.1, 0.15) is 12.4 Å². The molecule has 1 aromatic carbocycles. The average molecular weight is 688 g/mol. The van der Waals surface area contributed by atoms with Gasteiger partial charge >= 0.3 is 0 Å².